The molecule has 0 saturated heterocycles. The molecule has 50 heavy (non-hydrogen) atoms. The van der Waals surface area contributed by atoms with Crippen molar-refractivity contribution in [1.82, 2.24) is 9.80 Å². The van der Waals surface area contributed by atoms with Gasteiger partial charge >= 0.3 is 12.1 Å². The fraction of sp³-hybridized carbons (Fsp3) is 0.308. The molecule has 3 aromatic rings. The number of amides is 2. The maximum atomic E-state index is 13.3. The number of phenols is 1. The smallest absolute Gasteiger partial charge is 0.415 e. The van der Waals surface area contributed by atoms with Gasteiger partial charge in [0.05, 0.1) is 5.56 Å². The molecule has 0 radical (unpaired) electrons. The van der Waals surface area contributed by atoms with E-state index in [1.807, 2.05) is 12.1 Å². The van der Waals surface area contributed by atoms with Crippen LogP contribution in [0.15, 0.2) is 83.0 Å². The van der Waals surface area contributed by atoms with Gasteiger partial charge in [-0.05, 0) is 51.1 Å². The van der Waals surface area contributed by atoms with Crippen LogP contribution in [0.4, 0.5) is 4.79 Å². The van der Waals surface area contributed by atoms with Crippen LogP contribution >= 0.6 is 0 Å². The Morgan fingerprint density at radius 3 is 2.14 bits per heavy atom. The van der Waals surface area contributed by atoms with Gasteiger partial charge < -0.3 is 29.1 Å². The lowest BCUT2D eigenvalue weighted by Crippen LogP contribution is -2.40. The van der Waals surface area contributed by atoms with Crippen molar-refractivity contribution in [1.29, 1.82) is 0 Å². The highest BCUT2D eigenvalue weighted by Gasteiger charge is 2.53. The van der Waals surface area contributed by atoms with Gasteiger partial charge in [0.25, 0.3) is 0 Å². The lowest BCUT2D eigenvalue weighted by atomic mass is 9.71. The molecule has 2 amide bonds. The summed E-state index contributed by atoms with van der Waals surface area (Å²) in [5.41, 5.74) is 1.41. The van der Waals surface area contributed by atoms with E-state index in [9.17, 15) is 29.1 Å². The molecule has 0 fully saturated rings. The average molecular weight is 679 g/mol. The second-order valence-electron chi connectivity index (χ2n) is 13.6. The molecule has 1 N–H and O–H groups in total. The van der Waals surface area contributed by atoms with E-state index in [0.717, 1.165) is 0 Å². The standard InChI is InChI=1S/C39H38N2O9/c1-21-22(2)35(45)33(23(3)34(21)44)38(4,5)20-32(43)40(6)16-17-41(7)37(47)48-25-13-15-29-31(19-25)49-30-18-24(42)12-14-28(30)39(29)27-11-9-8-10-26(27)36(46)50-39/h8-15,18-19,42H,16-17,20H2,1-7H3. The number of carbonyl (C=O) groups is 5. The molecule has 1 unspecified atom stereocenters. The SMILES string of the molecule is CC1=C(C)C(=O)C(C(C)(C)CC(=O)N(C)CCN(C)C(=O)Oc2ccc3c(c2)Oc2cc(O)ccc2C32OC(=O)c3ccccc32)=C(C)C1=O. The van der Waals surface area contributed by atoms with E-state index in [-0.39, 0.29) is 60.0 Å². The van der Waals surface area contributed by atoms with E-state index >= 15 is 0 Å². The maximum Gasteiger partial charge on any atom is 0.415 e. The van der Waals surface area contributed by atoms with Crippen LogP contribution in [0.2, 0.25) is 0 Å². The highest BCUT2D eigenvalue weighted by atomic mass is 16.6. The van der Waals surface area contributed by atoms with Gasteiger partial charge in [-0.2, -0.15) is 0 Å². The van der Waals surface area contributed by atoms with Gasteiger partial charge in [-0.25, -0.2) is 9.59 Å². The van der Waals surface area contributed by atoms with E-state index in [2.05, 4.69) is 0 Å². The van der Waals surface area contributed by atoms with Gasteiger partial charge in [-0.1, -0.05) is 32.0 Å². The summed E-state index contributed by atoms with van der Waals surface area (Å²) in [7, 11) is 3.16. The lowest BCUT2D eigenvalue weighted by Gasteiger charge is -2.36. The Kier molecular flexibility index (Phi) is 8.41. The molecule has 0 saturated carbocycles. The summed E-state index contributed by atoms with van der Waals surface area (Å²) < 4.78 is 17.9. The van der Waals surface area contributed by atoms with Gasteiger partial charge in [-0.3, -0.25) is 14.4 Å². The number of fused-ring (bicyclic) bond motifs is 6. The van der Waals surface area contributed by atoms with Crippen molar-refractivity contribution < 1.29 is 43.3 Å². The van der Waals surface area contributed by atoms with Crippen LogP contribution in [0.3, 0.4) is 0 Å². The summed E-state index contributed by atoms with van der Waals surface area (Å²) >= 11 is 0. The summed E-state index contributed by atoms with van der Waals surface area (Å²) in [5.74, 6) is -0.467. The van der Waals surface area contributed by atoms with E-state index in [0.29, 0.717) is 44.5 Å². The van der Waals surface area contributed by atoms with Crippen molar-refractivity contribution in [2.24, 2.45) is 5.41 Å². The number of rotatable bonds is 7. The topological polar surface area (TPSA) is 140 Å². The molecular weight excluding hydrogens is 640 g/mol. The number of esters is 1. The molecule has 11 heteroatoms. The Labute approximate surface area is 289 Å². The van der Waals surface area contributed by atoms with Gasteiger partial charge in [0.1, 0.15) is 23.0 Å². The molecule has 2 aliphatic heterocycles. The number of phenolic OH excluding ortho intramolecular Hbond substituents is 1. The van der Waals surface area contributed by atoms with Crippen LogP contribution in [-0.4, -0.2) is 71.6 Å². The molecule has 2 heterocycles. The van der Waals surface area contributed by atoms with Gasteiger partial charge in [0.2, 0.25) is 5.91 Å². The molecule has 3 aromatic carbocycles. The van der Waals surface area contributed by atoms with Gasteiger partial charge in [0, 0.05) is 90.1 Å². The minimum atomic E-state index is -1.33. The van der Waals surface area contributed by atoms with Crippen molar-refractivity contribution in [3.05, 3.63) is 105 Å². The molecule has 258 valence electrons. The monoisotopic (exact) mass is 678 g/mol. The number of ether oxygens (including phenoxy) is 3. The summed E-state index contributed by atoms with van der Waals surface area (Å²) in [6, 6.07) is 16.4. The number of benzene rings is 3. The first-order valence-corrected chi connectivity index (χ1v) is 16.2. The number of Topliss-reactive ketones (excluding diaryl/α,β-unsaturated/α-hetero) is 2. The number of ketones is 2. The highest BCUT2D eigenvalue weighted by molar-refractivity contribution is 6.25. The van der Waals surface area contributed by atoms with E-state index in [1.54, 1.807) is 79.0 Å². The number of hydrogen-bond acceptors (Lipinski definition) is 9. The van der Waals surface area contributed by atoms with Gasteiger partial charge in [0.15, 0.2) is 17.2 Å². The third-order valence-electron chi connectivity index (χ3n) is 9.84. The lowest BCUT2D eigenvalue weighted by molar-refractivity contribution is -0.132. The molecule has 1 aliphatic carbocycles. The number of carbonyl (C=O) groups excluding carboxylic acids is 5. The van der Waals surface area contributed by atoms with Crippen molar-refractivity contribution >= 4 is 29.5 Å². The number of nitrogens with zero attached hydrogens (tertiary/aromatic N) is 2. The summed E-state index contributed by atoms with van der Waals surface area (Å²) in [6.45, 7) is 8.78. The first kappa shape index (κ1) is 34.2. The Balaban J connectivity index is 1.14. The fourth-order valence-electron chi connectivity index (χ4n) is 6.91. The molecule has 1 atom stereocenters. The number of hydrogen-bond donors (Lipinski definition) is 1. The third-order valence-corrected chi connectivity index (χ3v) is 9.84. The van der Waals surface area contributed by atoms with E-state index in [4.69, 9.17) is 14.2 Å². The quantitative estimate of drug-likeness (QED) is 0.233. The second-order valence-corrected chi connectivity index (χ2v) is 13.6. The molecule has 0 aromatic heterocycles. The minimum Gasteiger partial charge on any atom is -0.508 e. The zero-order chi connectivity index (χ0) is 36.3. The van der Waals surface area contributed by atoms with Crippen molar-refractivity contribution in [3.8, 4) is 23.0 Å². The van der Waals surface area contributed by atoms with Gasteiger partial charge in [-0.15, -0.1) is 0 Å². The molecule has 3 aliphatic rings. The molecule has 0 bridgehead atoms. The van der Waals surface area contributed by atoms with Crippen LogP contribution in [0.1, 0.15) is 68.1 Å². The number of allylic oxidation sites excluding steroid dienone is 4. The Bertz CT molecular complexity index is 2070. The summed E-state index contributed by atoms with van der Waals surface area (Å²) in [5, 5.41) is 10.2. The largest absolute Gasteiger partial charge is 0.508 e. The Morgan fingerprint density at radius 1 is 0.800 bits per heavy atom. The zero-order valence-electron chi connectivity index (χ0n) is 29.0. The van der Waals surface area contributed by atoms with Crippen molar-refractivity contribution in [2.45, 2.75) is 46.6 Å². The maximum absolute atomic E-state index is 13.3. The predicted octanol–water partition coefficient (Wildman–Crippen LogP) is 6.07. The zero-order valence-corrected chi connectivity index (χ0v) is 29.0. The summed E-state index contributed by atoms with van der Waals surface area (Å²) in [4.78, 5) is 68.1. The fourth-order valence-corrected chi connectivity index (χ4v) is 6.91. The van der Waals surface area contributed by atoms with Crippen LogP contribution in [0, 0.1) is 5.41 Å². The Morgan fingerprint density at radius 2 is 1.42 bits per heavy atom. The molecule has 1 spiro atoms. The van der Waals surface area contributed by atoms with E-state index in [1.165, 1.54) is 28.0 Å². The van der Waals surface area contributed by atoms with Crippen LogP contribution < -0.4 is 9.47 Å². The molecule has 6 rings (SSSR count). The number of likely N-dealkylation sites (N-methyl/N-ethyl adjacent to an activating group) is 2. The van der Waals surface area contributed by atoms with Crippen molar-refractivity contribution in [3.63, 3.8) is 0 Å². The molecule has 11 nitrogen and oxygen atoms in total. The van der Waals surface area contributed by atoms with Crippen molar-refractivity contribution in [2.75, 3.05) is 27.2 Å². The van der Waals surface area contributed by atoms with Crippen LogP contribution in [0.25, 0.3) is 0 Å². The third kappa shape index (κ3) is 5.52. The summed E-state index contributed by atoms with van der Waals surface area (Å²) in [6.07, 6.45) is -0.690. The second kappa shape index (κ2) is 12.3. The Hall–Kier alpha value is -5.71. The molecular formula is C39H38N2O9. The minimum absolute atomic E-state index is 0.00696. The average Bonchev–Trinajstić information content (AvgIpc) is 3.36. The predicted molar refractivity (Wildman–Crippen MR) is 182 cm³/mol. The highest BCUT2D eigenvalue weighted by Crippen LogP contribution is 2.57. The number of aromatic hydroxyl groups is 1. The normalized spacial score (nSPS) is 17.9. The van der Waals surface area contributed by atoms with Crippen LogP contribution in [0.5, 0.6) is 23.0 Å². The first-order chi connectivity index (χ1) is 23.6. The van der Waals surface area contributed by atoms with E-state index < -0.39 is 23.1 Å². The first-order valence-electron chi connectivity index (χ1n) is 16.2. The van der Waals surface area contributed by atoms with Crippen LogP contribution in [-0.2, 0) is 24.7 Å².